The molecule has 0 atom stereocenters. The van der Waals surface area contributed by atoms with Crippen LogP contribution in [0.5, 0.6) is 0 Å². The van der Waals surface area contributed by atoms with Crippen LogP contribution >= 0.6 is 15.9 Å². The van der Waals surface area contributed by atoms with Crippen LogP contribution in [-0.2, 0) is 11.3 Å². The number of pyridine rings is 1. The van der Waals surface area contributed by atoms with E-state index in [9.17, 15) is 9.59 Å². The van der Waals surface area contributed by atoms with Crippen molar-refractivity contribution in [1.29, 1.82) is 0 Å². The van der Waals surface area contributed by atoms with Crippen molar-refractivity contribution in [3.8, 4) is 0 Å². The number of hydrogen-bond donors (Lipinski definition) is 1. The highest BCUT2D eigenvalue weighted by atomic mass is 79.9. The second kappa shape index (κ2) is 7.27. The minimum Gasteiger partial charge on any atom is -0.356 e. The Morgan fingerprint density at radius 2 is 2.24 bits per heavy atom. The number of aromatic nitrogens is 1. The lowest BCUT2D eigenvalue weighted by Crippen LogP contribution is -2.27. The fraction of sp³-hybridized carbons (Fsp3) is 0.500. The number of amides is 1. The van der Waals surface area contributed by atoms with Crippen LogP contribution in [0.3, 0.4) is 0 Å². The van der Waals surface area contributed by atoms with Gasteiger partial charge in [0.1, 0.15) is 0 Å². The van der Waals surface area contributed by atoms with Crippen molar-refractivity contribution in [3.05, 3.63) is 33.2 Å². The van der Waals surface area contributed by atoms with Crippen molar-refractivity contribution in [2.75, 3.05) is 6.54 Å². The predicted octanol–water partition coefficient (Wildman–Crippen LogP) is 1.92. The van der Waals surface area contributed by atoms with E-state index < -0.39 is 0 Å². The number of aryl methyl sites for hydroxylation is 1. The lowest BCUT2D eigenvalue weighted by molar-refractivity contribution is -0.121. The summed E-state index contributed by atoms with van der Waals surface area (Å²) in [5.41, 5.74) is -0.0884. The van der Waals surface area contributed by atoms with E-state index in [1.807, 2.05) is 0 Å². The van der Waals surface area contributed by atoms with Gasteiger partial charge in [-0.25, -0.2) is 0 Å². The molecule has 1 aromatic rings. The number of nitrogens with one attached hydrogen (secondary N) is 1. The predicted molar refractivity (Wildman–Crippen MR) is 70.9 cm³/mol. The van der Waals surface area contributed by atoms with Gasteiger partial charge in [-0.3, -0.25) is 9.59 Å². The number of halogens is 1. The van der Waals surface area contributed by atoms with Gasteiger partial charge < -0.3 is 9.88 Å². The molecule has 0 aliphatic carbocycles. The Kier molecular flexibility index (Phi) is 5.97. The molecule has 1 heterocycles. The minimum absolute atomic E-state index is 0.00896. The molecule has 0 unspecified atom stereocenters. The van der Waals surface area contributed by atoms with Crippen LogP contribution in [0, 0.1) is 0 Å². The summed E-state index contributed by atoms with van der Waals surface area (Å²) >= 11 is 3.29. The number of hydrogen-bond acceptors (Lipinski definition) is 2. The molecule has 1 amide bonds. The first-order chi connectivity index (χ1) is 8.13. The van der Waals surface area contributed by atoms with E-state index >= 15 is 0 Å². The molecule has 0 saturated carbocycles. The topological polar surface area (TPSA) is 51.1 Å². The zero-order chi connectivity index (χ0) is 12.7. The lowest BCUT2D eigenvalue weighted by atomic mass is 10.3. The number of carbonyl (C=O) groups excluding carboxylic acids is 1. The summed E-state index contributed by atoms with van der Waals surface area (Å²) in [4.78, 5) is 22.9. The highest BCUT2D eigenvalue weighted by Crippen LogP contribution is 2.05. The third-order valence-electron chi connectivity index (χ3n) is 2.38. The van der Waals surface area contributed by atoms with E-state index in [0.29, 0.717) is 19.5 Å². The third kappa shape index (κ3) is 5.17. The average Bonchev–Trinajstić information content (AvgIpc) is 2.31. The molecule has 5 heteroatoms. The third-order valence-corrected chi connectivity index (χ3v) is 2.85. The van der Waals surface area contributed by atoms with E-state index in [1.165, 1.54) is 10.6 Å². The highest BCUT2D eigenvalue weighted by Gasteiger charge is 2.02. The van der Waals surface area contributed by atoms with E-state index in [2.05, 4.69) is 28.2 Å². The van der Waals surface area contributed by atoms with E-state index in [0.717, 1.165) is 17.3 Å². The SMILES string of the molecule is CCCCNC(=O)CCn1cc(Br)ccc1=O. The van der Waals surface area contributed by atoms with Gasteiger partial charge in [0.15, 0.2) is 0 Å². The Morgan fingerprint density at radius 3 is 2.94 bits per heavy atom. The number of rotatable bonds is 6. The summed E-state index contributed by atoms with van der Waals surface area (Å²) in [5.74, 6) is -0.00896. The van der Waals surface area contributed by atoms with E-state index in [-0.39, 0.29) is 11.5 Å². The van der Waals surface area contributed by atoms with Crippen LogP contribution < -0.4 is 10.9 Å². The first-order valence-electron chi connectivity index (χ1n) is 5.76. The molecular weight excluding hydrogens is 284 g/mol. The monoisotopic (exact) mass is 300 g/mol. The quantitative estimate of drug-likeness (QED) is 0.816. The molecule has 94 valence electrons. The van der Waals surface area contributed by atoms with Gasteiger partial charge in [-0.2, -0.15) is 0 Å². The van der Waals surface area contributed by atoms with Crippen LogP contribution in [0.15, 0.2) is 27.6 Å². The molecule has 0 spiro atoms. The molecular formula is C12H17BrN2O2. The van der Waals surface area contributed by atoms with Gasteiger partial charge in [-0.15, -0.1) is 0 Å². The standard InChI is InChI=1S/C12H17BrN2O2/c1-2-3-7-14-11(16)6-8-15-9-10(13)4-5-12(15)17/h4-5,9H,2-3,6-8H2,1H3,(H,14,16). The maximum Gasteiger partial charge on any atom is 0.250 e. The molecule has 17 heavy (non-hydrogen) atoms. The second-order valence-electron chi connectivity index (χ2n) is 3.83. The van der Waals surface area contributed by atoms with Gasteiger partial charge in [-0.05, 0) is 28.4 Å². The van der Waals surface area contributed by atoms with Crippen LogP contribution in [0.25, 0.3) is 0 Å². The van der Waals surface area contributed by atoms with Gasteiger partial charge in [0.25, 0.3) is 5.56 Å². The molecule has 1 aromatic heterocycles. The van der Waals surface area contributed by atoms with E-state index in [1.54, 1.807) is 12.3 Å². The molecule has 0 aromatic carbocycles. The fourth-order valence-electron chi connectivity index (χ4n) is 1.39. The molecule has 1 rings (SSSR count). The molecule has 0 aliphatic rings. The average molecular weight is 301 g/mol. The first kappa shape index (κ1) is 14.0. The van der Waals surface area contributed by atoms with Gasteiger partial charge in [0.05, 0.1) is 0 Å². The molecule has 0 fully saturated rings. The number of nitrogens with zero attached hydrogens (tertiary/aromatic N) is 1. The summed E-state index contributed by atoms with van der Waals surface area (Å²) in [6, 6.07) is 3.18. The van der Waals surface area contributed by atoms with Gasteiger partial charge >= 0.3 is 0 Å². The highest BCUT2D eigenvalue weighted by molar-refractivity contribution is 9.10. The van der Waals surface area contributed by atoms with Crippen LogP contribution in [0.1, 0.15) is 26.2 Å². The summed E-state index contributed by atoms with van der Waals surface area (Å²) in [5, 5.41) is 2.82. The molecule has 0 saturated heterocycles. The Morgan fingerprint density at radius 1 is 1.47 bits per heavy atom. The molecule has 4 nitrogen and oxygen atoms in total. The minimum atomic E-state index is -0.0884. The van der Waals surface area contributed by atoms with Crippen molar-refractivity contribution >= 4 is 21.8 Å². The Bertz CT molecular complexity index is 429. The molecule has 0 bridgehead atoms. The molecule has 1 N–H and O–H groups in total. The van der Waals surface area contributed by atoms with Crippen LogP contribution in [0.2, 0.25) is 0 Å². The summed E-state index contributed by atoms with van der Waals surface area (Å²) < 4.78 is 2.37. The Labute approximate surface area is 109 Å². The second-order valence-corrected chi connectivity index (χ2v) is 4.75. The zero-order valence-electron chi connectivity index (χ0n) is 9.91. The lowest BCUT2D eigenvalue weighted by Gasteiger charge is -2.06. The van der Waals surface area contributed by atoms with Gasteiger partial charge in [-0.1, -0.05) is 13.3 Å². The van der Waals surface area contributed by atoms with Crippen molar-refractivity contribution < 1.29 is 4.79 Å². The van der Waals surface area contributed by atoms with Gasteiger partial charge in [0.2, 0.25) is 5.91 Å². The van der Waals surface area contributed by atoms with Crippen molar-refractivity contribution in [2.45, 2.75) is 32.7 Å². The maximum atomic E-state index is 11.5. The fourth-order valence-corrected chi connectivity index (χ4v) is 1.77. The molecule has 0 radical (unpaired) electrons. The largest absolute Gasteiger partial charge is 0.356 e. The van der Waals surface area contributed by atoms with Gasteiger partial charge in [0, 0.05) is 36.2 Å². The molecule has 0 aliphatic heterocycles. The number of unbranched alkanes of at least 4 members (excludes halogenated alkanes) is 1. The summed E-state index contributed by atoms with van der Waals surface area (Å²) in [6.45, 7) is 3.20. The van der Waals surface area contributed by atoms with Crippen molar-refractivity contribution in [3.63, 3.8) is 0 Å². The maximum absolute atomic E-state index is 11.5. The normalized spacial score (nSPS) is 10.2. The summed E-state index contributed by atoms with van der Waals surface area (Å²) in [7, 11) is 0. The Balaban J connectivity index is 2.42. The zero-order valence-corrected chi connectivity index (χ0v) is 11.5. The smallest absolute Gasteiger partial charge is 0.250 e. The van der Waals surface area contributed by atoms with Crippen molar-refractivity contribution in [2.24, 2.45) is 0 Å². The van der Waals surface area contributed by atoms with Crippen LogP contribution in [0.4, 0.5) is 0 Å². The summed E-state index contributed by atoms with van der Waals surface area (Å²) in [6.07, 6.45) is 4.08. The van der Waals surface area contributed by atoms with E-state index in [4.69, 9.17) is 0 Å². The van der Waals surface area contributed by atoms with Crippen LogP contribution in [-0.4, -0.2) is 17.0 Å². The Hall–Kier alpha value is -1.10. The number of carbonyl (C=O) groups is 1. The van der Waals surface area contributed by atoms with Crippen molar-refractivity contribution in [1.82, 2.24) is 9.88 Å². The first-order valence-corrected chi connectivity index (χ1v) is 6.55.